The summed E-state index contributed by atoms with van der Waals surface area (Å²) in [5.41, 5.74) is 2.38. The minimum atomic E-state index is -0.121. The average Bonchev–Trinajstić information content (AvgIpc) is 3.46. The first kappa shape index (κ1) is 18.7. The Morgan fingerprint density at radius 1 is 1.12 bits per heavy atom. The van der Waals surface area contributed by atoms with Gasteiger partial charge in [-0.15, -0.1) is 0 Å². The molecule has 0 heterocycles. The van der Waals surface area contributed by atoms with Gasteiger partial charge < -0.3 is 10.2 Å². The second-order valence-electron chi connectivity index (χ2n) is 6.44. The van der Waals surface area contributed by atoms with Gasteiger partial charge in [-0.05, 0) is 48.2 Å². The second kappa shape index (κ2) is 8.11. The number of carbonyl (C=O) groups excluding carboxylic acids is 2. The van der Waals surface area contributed by atoms with E-state index in [2.05, 4.69) is 5.32 Å². The molecular formula is C20H20Cl2N2O2. The molecule has 3 rings (SSSR count). The third kappa shape index (κ3) is 4.57. The van der Waals surface area contributed by atoms with Gasteiger partial charge in [-0.2, -0.15) is 0 Å². The van der Waals surface area contributed by atoms with Crippen molar-refractivity contribution >= 4 is 35.0 Å². The maximum Gasteiger partial charge on any atom is 0.251 e. The molecule has 4 nitrogen and oxygen atoms in total. The van der Waals surface area contributed by atoms with Crippen LogP contribution in [0.2, 0.25) is 10.0 Å². The zero-order valence-electron chi connectivity index (χ0n) is 14.5. The van der Waals surface area contributed by atoms with Crippen LogP contribution in [0.5, 0.6) is 0 Å². The lowest BCUT2D eigenvalue weighted by Crippen LogP contribution is -2.33. The number of nitrogens with one attached hydrogen (secondary N) is 1. The number of hydrogen-bond donors (Lipinski definition) is 1. The van der Waals surface area contributed by atoms with Crippen molar-refractivity contribution in [3.8, 4) is 0 Å². The molecule has 1 N–H and O–H groups in total. The molecule has 0 unspecified atom stereocenters. The third-order valence-electron chi connectivity index (χ3n) is 4.46. The minimum Gasteiger partial charge on any atom is -0.355 e. The quantitative estimate of drug-likeness (QED) is 0.807. The largest absolute Gasteiger partial charge is 0.355 e. The van der Waals surface area contributed by atoms with Gasteiger partial charge in [0, 0.05) is 35.2 Å². The van der Waals surface area contributed by atoms with Crippen LogP contribution in [-0.2, 0) is 17.8 Å². The molecular weight excluding hydrogens is 371 g/mol. The molecule has 1 saturated carbocycles. The Labute approximate surface area is 163 Å². The summed E-state index contributed by atoms with van der Waals surface area (Å²) in [5, 5.41) is 3.67. The van der Waals surface area contributed by atoms with E-state index in [1.165, 1.54) is 0 Å². The predicted octanol–water partition coefficient (Wildman–Crippen LogP) is 4.09. The van der Waals surface area contributed by atoms with E-state index in [1.807, 2.05) is 17.0 Å². The van der Waals surface area contributed by atoms with Gasteiger partial charge in [-0.3, -0.25) is 9.59 Å². The summed E-state index contributed by atoms with van der Waals surface area (Å²) < 4.78 is 0. The molecule has 1 fully saturated rings. The molecule has 0 bridgehead atoms. The summed E-state index contributed by atoms with van der Waals surface area (Å²) >= 11 is 12.1. The molecule has 0 atom stereocenters. The van der Waals surface area contributed by atoms with Crippen molar-refractivity contribution in [2.75, 3.05) is 7.05 Å². The molecule has 6 heteroatoms. The van der Waals surface area contributed by atoms with E-state index in [-0.39, 0.29) is 24.3 Å². The van der Waals surface area contributed by atoms with Crippen molar-refractivity contribution in [3.63, 3.8) is 0 Å². The number of carbonyl (C=O) groups is 2. The molecule has 1 aliphatic rings. The van der Waals surface area contributed by atoms with Crippen molar-refractivity contribution in [2.45, 2.75) is 31.8 Å². The topological polar surface area (TPSA) is 49.4 Å². The highest BCUT2D eigenvalue weighted by Gasteiger charge is 2.32. The lowest BCUT2D eigenvalue weighted by atomic mass is 10.1. The molecule has 0 radical (unpaired) electrons. The van der Waals surface area contributed by atoms with Crippen LogP contribution in [0.1, 0.15) is 34.3 Å². The first-order chi connectivity index (χ1) is 12.5. The summed E-state index contributed by atoms with van der Waals surface area (Å²) in [5.74, 6) is -0.0730. The lowest BCUT2D eigenvalue weighted by Gasteiger charge is -2.23. The average molecular weight is 391 g/mol. The van der Waals surface area contributed by atoms with Gasteiger partial charge in [0.25, 0.3) is 5.91 Å². The lowest BCUT2D eigenvalue weighted by molar-refractivity contribution is -0.131. The Morgan fingerprint density at radius 3 is 2.38 bits per heavy atom. The predicted molar refractivity (Wildman–Crippen MR) is 104 cm³/mol. The number of hydrogen-bond acceptors (Lipinski definition) is 2. The molecule has 2 aromatic rings. The summed E-state index contributed by atoms with van der Waals surface area (Å²) in [6.07, 6.45) is 2.30. The maximum atomic E-state index is 12.8. The summed E-state index contributed by atoms with van der Waals surface area (Å²) in [6.45, 7) is 0.530. The summed E-state index contributed by atoms with van der Waals surface area (Å²) in [7, 11) is 1.60. The zero-order chi connectivity index (χ0) is 18.7. The van der Waals surface area contributed by atoms with Crippen LogP contribution in [0.4, 0.5) is 0 Å². The molecule has 1 aliphatic carbocycles. The smallest absolute Gasteiger partial charge is 0.251 e. The first-order valence-electron chi connectivity index (χ1n) is 8.52. The van der Waals surface area contributed by atoms with Gasteiger partial charge in [-0.1, -0.05) is 41.4 Å². The number of nitrogens with zero attached hydrogens (tertiary/aromatic N) is 1. The molecule has 0 saturated heterocycles. The van der Waals surface area contributed by atoms with E-state index in [0.29, 0.717) is 22.2 Å². The van der Waals surface area contributed by atoms with E-state index >= 15 is 0 Å². The molecule has 0 spiro atoms. The van der Waals surface area contributed by atoms with E-state index in [4.69, 9.17) is 23.2 Å². The van der Waals surface area contributed by atoms with E-state index in [9.17, 15) is 9.59 Å². The number of rotatable bonds is 6. The first-order valence-corrected chi connectivity index (χ1v) is 9.28. The fourth-order valence-electron chi connectivity index (χ4n) is 2.84. The van der Waals surface area contributed by atoms with Gasteiger partial charge >= 0.3 is 0 Å². The van der Waals surface area contributed by atoms with Crippen molar-refractivity contribution in [1.29, 1.82) is 0 Å². The van der Waals surface area contributed by atoms with E-state index in [0.717, 1.165) is 24.0 Å². The third-order valence-corrected chi connectivity index (χ3v) is 5.05. The van der Waals surface area contributed by atoms with Crippen LogP contribution >= 0.6 is 23.2 Å². The second-order valence-corrected chi connectivity index (χ2v) is 7.29. The number of amides is 2. The number of halogens is 2. The molecule has 0 aromatic heterocycles. The van der Waals surface area contributed by atoms with Gasteiger partial charge in [-0.25, -0.2) is 0 Å². The summed E-state index contributed by atoms with van der Waals surface area (Å²) in [4.78, 5) is 26.4. The Bertz CT molecular complexity index is 817. The Morgan fingerprint density at radius 2 is 1.81 bits per heavy atom. The number of benzene rings is 2. The fourth-order valence-corrected chi connectivity index (χ4v) is 3.31. The normalized spacial score (nSPS) is 13.3. The fraction of sp³-hybridized carbons (Fsp3) is 0.300. The Hall–Kier alpha value is -2.04. The molecule has 2 amide bonds. The van der Waals surface area contributed by atoms with Crippen molar-refractivity contribution in [1.82, 2.24) is 10.2 Å². The highest BCUT2D eigenvalue weighted by molar-refractivity contribution is 6.35. The van der Waals surface area contributed by atoms with Gasteiger partial charge in [0.15, 0.2) is 0 Å². The van der Waals surface area contributed by atoms with E-state index < -0.39 is 0 Å². The monoisotopic (exact) mass is 390 g/mol. The maximum absolute atomic E-state index is 12.8. The van der Waals surface area contributed by atoms with Gasteiger partial charge in [0.05, 0.1) is 6.42 Å². The molecule has 136 valence electrons. The highest BCUT2D eigenvalue weighted by Crippen LogP contribution is 2.30. The van der Waals surface area contributed by atoms with Crippen molar-refractivity contribution < 1.29 is 9.59 Å². The molecule has 2 aromatic carbocycles. The Balaban J connectivity index is 1.71. The minimum absolute atomic E-state index is 0.0482. The van der Waals surface area contributed by atoms with Crippen LogP contribution < -0.4 is 5.32 Å². The SMILES string of the molecule is CNC(=O)c1ccc(CN(C(=O)Cc2ccc(Cl)cc2Cl)C2CC2)cc1. The van der Waals surface area contributed by atoms with Gasteiger partial charge in [0.2, 0.25) is 5.91 Å². The van der Waals surface area contributed by atoms with Crippen LogP contribution in [0.3, 0.4) is 0 Å². The van der Waals surface area contributed by atoms with Crippen LogP contribution in [0.25, 0.3) is 0 Å². The standard InChI is InChI=1S/C20H20Cl2N2O2/c1-23-20(26)14-4-2-13(3-5-14)12-24(17-8-9-17)19(25)10-15-6-7-16(21)11-18(15)22/h2-7,11,17H,8-10,12H2,1H3,(H,23,26). The van der Waals surface area contributed by atoms with E-state index in [1.54, 1.807) is 37.4 Å². The Kier molecular flexibility index (Phi) is 5.84. The van der Waals surface area contributed by atoms with Crippen LogP contribution in [0.15, 0.2) is 42.5 Å². The van der Waals surface area contributed by atoms with Gasteiger partial charge in [0.1, 0.15) is 0 Å². The van der Waals surface area contributed by atoms with Crippen molar-refractivity contribution in [3.05, 3.63) is 69.2 Å². The molecule has 26 heavy (non-hydrogen) atoms. The van der Waals surface area contributed by atoms with Crippen molar-refractivity contribution in [2.24, 2.45) is 0 Å². The highest BCUT2D eigenvalue weighted by atomic mass is 35.5. The zero-order valence-corrected chi connectivity index (χ0v) is 16.0. The summed E-state index contributed by atoms with van der Waals surface area (Å²) in [6, 6.07) is 12.8. The van der Waals surface area contributed by atoms with Crippen LogP contribution in [-0.4, -0.2) is 29.8 Å². The van der Waals surface area contributed by atoms with Crippen LogP contribution in [0, 0.1) is 0 Å². The molecule has 0 aliphatic heterocycles.